The number of aryl methyl sites for hydroxylation is 1. The molecule has 1 aliphatic heterocycles. The van der Waals surface area contributed by atoms with Gasteiger partial charge in [-0.05, 0) is 48.7 Å². The molecule has 0 aromatic heterocycles. The molecule has 6 nitrogen and oxygen atoms in total. The maximum Gasteiger partial charge on any atom is 0.241 e. The molecule has 0 spiro atoms. The third-order valence-electron chi connectivity index (χ3n) is 5.66. The van der Waals surface area contributed by atoms with Crippen LogP contribution in [0.3, 0.4) is 0 Å². The van der Waals surface area contributed by atoms with Gasteiger partial charge in [-0.2, -0.15) is 0 Å². The monoisotopic (exact) mass is 470 g/mol. The van der Waals surface area contributed by atoms with Crippen molar-refractivity contribution in [2.45, 2.75) is 40.6 Å². The van der Waals surface area contributed by atoms with Gasteiger partial charge in [0, 0.05) is 25.7 Å². The number of hydrogen-bond acceptors (Lipinski definition) is 5. The van der Waals surface area contributed by atoms with E-state index in [4.69, 9.17) is 0 Å². The predicted molar refractivity (Wildman–Crippen MR) is 124 cm³/mol. The molecule has 0 radical (unpaired) electrons. The van der Waals surface area contributed by atoms with Gasteiger partial charge in [-0.1, -0.05) is 54.6 Å². The SMILES string of the molecule is Cc1ccc(S(=O)(=O)c2ccccc2)cc1S(=O)(=O)NC1CCN(Cc2ccccc2)C1. The molecular formula is C24H26N2O4S2. The van der Waals surface area contributed by atoms with Crippen LogP contribution in [0.15, 0.2) is 93.5 Å². The number of benzene rings is 3. The van der Waals surface area contributed by atoms with E-state index in [1.54, 1.807) is 31.2 Å². The Bertz CT molecular complexity index is 1290. The topological polar surface area (TPSA) is 83.5 Å². The molecule has 1 saturated heterocycles. The van der Waals surface area contributed by atoms with Crippen LogP contribution in [0.2, 0.25) is 0 Å². The quantitative estimate of drug-likeness (QED) is 0.572. The van der Waals surface area contributed by atoms with Crippen molar-refractivity contribution in [3.05, 3.63) is 90.0 Å². The van der Waals surface area contributed by atoms with Gasteiger partial charge in [0.2, 0.25) is 19.9 Å². The minimum atomic E-state index is -3.88. The van der Waals surface area contributed by atoms with E-state index in [0.717, 1.165) is 13.1 Å². The molecule has 0 saturated carbocycles. The van der Waals surface area contributed by atoms with Crippen LogP contribution in [0.1, 0.15) is 17.5 Å². The van der Waals surface area contributed by atoms with Crippen LogP contribution in [0, 0.1) is 6.92 Å². The number of sulfone groups is 1. The fourth-order valence-electron chi connectivity index (χ4n) is 3.97. The Morgan fingerprint density at radius 2 is 1.53 bits per heavy atom. The fourth-order valence-corrected chi connectivity index (χ4v) is 6.88. The van der Waals surface area contributed by atoms with Gasteiger partial charge in [-0.3, -0.25) is 4.90 Å². The number of nitrogens with one attached hydrogen (secondary N) is 1. The van der Waals surface area contributed by atoms with Gasteiger partial charge in [0.15, 0.2) is 0 Å². The number of hydrogen-bond donors (Lipinski definition) is 1. The summed E-state index contributed by atoms with van der Waals surface area (Å²) in [5.41, 5.74) is 1.69. The van der Waals surface area contributed by atoms with Crippen LogP contribution in [0.5, 0.6) is 0 Å². The molecule has 8 heteroatoms. The second kappa shape index (κ2) is 9.15. The molecule has 4 rings (SSSR count). The van der Waals surface area contributed by atoms with Crippen LogP contribution in [0.4, 0.5) is 0 Å². The van der Waals surface area contributed by atoms with E-state index in [0.29, 0.717) is 18.5 Å². The third-order valence-corrected chi connectivity index (χ3v) is 9.09. The molecule has 1 atom stereocenters. The molecule has 32 heavy (non-hydrogen) atoms. The lowest BCUT2D eigenvalue weighted by molar-refractivity contribution is 0.324. The standard InChI is InChI=1S/C24H26N2O4S2/c1-19-12-13-23(31(27,28)22-10-6-3-7-11-22)16-24(19)32(29,30)25-21-14-15-26(18-21)17-20-8-4-2-5-9-20/h2-13,16,21,25H,14-15,17-18H2,1H3. The van der Waals surface area contributed by atoms with Gasteiger partial charge >= 0.3 is 0 Å². The first-order chi connectivity index (χ1) is 15.3. The van der Waals surface area contributed by atoms with E-state index >= 15 is 0 Å². The minimum Gasteiger partial charge on any atom is -0.297 e. The summed E-state index contributed by atoms with van der Waals surface area (Å²) in [4.78, 5) is 2.31. The second-order valence-corrected chi connectivity index (χ2v) is 11.7. The highest BCUT2D eigenvalue weighted by Crippen LogP contribution is 2.26. The van der Waals surface area contributed by atoms with E-state index in [1.807, 2.05) is 18.2 Å². The Morgan fingerprint density at radius 3 is 2.22 bits per heavy atom. The molecule has 0 amide bonds. The number of likely N-dealkylation sites (tertiary alicyclic amines) is 1. The normalized spacial score (nSPS) is 17.5. The molecule has 168 valence electrons. The summed E-state index contributed by atoms with van der Waals surface area (Å²) in [5.74, 6) is 0. The molecule has 1 N–H and O–H groups in total. The summed E-state index contributed by atoms with van der Waals surface area (Å²) in [6.07, 6.45) is 0.702. The molecule has 0 bridgehead atoms. The van der Waals surface area contributed by atoms with Crippen molar-refractivity contribution in [2.75, 3.05) is 13.1 Å². The van der Waals surface area contributed by atoms with Crippen molar-refractivity contribution in [3.63, 3.8) is 0 Å². The summed E-state index contributed by atoms with van der Waals surface area (Å²) < 4.78 is 55.0. The van der Waals surface area contributed by atoms with E-state index in [1.165, 1.54) is 29.8 Å². The van der Waals surface area contributed by atoms with Gasteiger partial charge in [0.1, 0.15) is 0 Å². The lowest BCUT2D eigenvalue weighted by atomic mass is 10.2. The first-order valence-corrected chi connectivity index (χ1v) is 13.4. The van der Waals surface area contributed by atoms with E-state index in [9.17, 15) is 16.8 Å². The molecule has 1 heterocycles. The van der Waals surface area contributed by atoms with Gasteiger partial charge in [0.25, 0.3) is 0 Å². The Hall–Kier alpha value is -2.52. The summed E-state index contributed by atoms with van der Waals surface area (Å²) in [5, 5.41) is 0. The van der Waals surface area contributed by atoms with E-state index in [2.05, 4.69) is 21.8 Å². The molecule has 3 aromatic rings. The molecule has 1 aliphatic rings. The molecule has 3 aromatic carbocycles. The zero-order chi connectivity index (χ0) is 22.8. The smallest absolute Gasteiger partial charge is 0.241 e. The number of nitrogens with zero attached hydrogens (tertiary/aromatic N) is 1. The maximum absolute atomic E-state index is 13.2. The molecule has 1 fully saturated rings. The zero-order valence-electron chi connectivity index (χ0n) is 17.8. The zero-order valence-corrected chi connectivity index (χ0v) is 19.4. The van der Waals surface area contributed by atoms with Crippen molar-refractivity contribution >= 4 is 19.9 Å². The van der Waals surface area contributed by atoms with Crippen molar-refractivity contribution in [2.24, 2.45) is 0 Å². The average molecular weight is 471 g/mol. The summed E-state index contributed by atoms with van der Waals surface area (Å²) >= 11 is 0. The van der Waals surface area contributed by atoms with Crippen molar-refractivity contribution in [1.29, 1.82) is 0 Å². The first kappa shape index (κ1) is 22.7. The fraction of sp³-hybridized carbons (Fsp3) is 0.250. The van der Waals surface area contributed by atoms with E-state index < -0.39 is 19.9 Å². The highest BCUT2D eigenvalue weighted by molar-refractivity contribution is 7.91. The van der Waals surface area contributed by atoms with Gasteiger partial charge in [-0.25, -0.2) is 21.6 Å². The van der Waals surface area contributed by atoms with Gasteiger partial charge in [0.05, 0.1) is 14.7 Å². The Balaban J connectivity index is 1.52. The summed E-state index contributed by atoms with van der Waals surface area (Å²) in [7, 11) is -7.69. The van der Waals surface area contributed by atoms with E-state index in [-0.39, 0.29) is 20.7 Å². The van der Waals surface area contributed by atoms with Crippen molar-refractivity contribution in [1.82, 2.24) is 9.62 Å². The first-order valence-electron chi connectivity index (χ1n) is 10.4. The largest absolute Gasteiger partial charge is 0.297 e. The maximum atomic E-state index is 13.2. The van der Waals surface area contributed by atoms with Crippen molar-refractivity contribution < 1.29 is 16.8 Å². The van der Waals surface area contributed by atoms with Gasteiger partial charge in [-0.15, -0.1) is 0 Å². The highest BCUT2D eigenvalue weighted by Gasteiger charge is 2.29. The summed E-state index contributed by atoms with van der Waals surface area (Å²) in [6, 6.07) is 22.1. The molecule has 0 aliphatic carbocycles. The average Bonchev–Trinajstić information content (AvgIpc) is 3.21. The molecular weight excluding hydrogens is 444 g/mol. The second-order valence-electron chi connectivity index (χ2n) is 8.07. The van der Waals surface area contributed by atoms with Crippen LogP contribution < -0.4 is 4.72 Å². The Labute approximate surface area is 189 Å². The lowest BCUT2D eigenvalue weighted by Crippen LogP contribution is -2.37. The van der Waals surface area contributed by atoms with Crippen LogP contribution >= 0.6 is 0 Å². The highest BCUT2D eigenvalue weighted by atomic mass is 32.2. The minimum absolute atomic E-state index is 0.00369. The summed E-state index contributed by atoms with van der Waals surface area (Å²) in [6.45, 7) is 3.84. The number of sulfonamides is 1. The lowest BCUT2D eigenvalue weighted by Gasteiger charge is -2.18. The van der Waals surface area contributed by atoms with Crippen molar-refractivity contribution in [3.8, 4) is 0 Å². The van der Waals surface area contributed by atoms with Crippen LogP contribution in [-0.2, 0) is 26.4 Å². The Kier molecular flexibility index (Phi) is 6.48. The van der Waals surface area contributed by atoms with Crippen LogP contribution in [-0.4, -0.2) is 40.9 Å². The predicted octanol–water partition coefficient (Wildman–Crippen LogP) is 3.38. The van der Waals surface area contributed by atoms with Gasteiger partial charge < -0.3 is 0 Å². The number of rotatable bonds is 7. The molecule has 1 unspecified atom stereocenters. The Morgan fingerprint density at radius 1 is 0.875 bits per heavy atom. The van der Waals surface area contributed by atoms with Crippen LogP contribution in [0.25, 0.3) is 0 Å². The third kappa shape index (κ3) is 4.94.